The zero-order valence-electron chi connectivity index (χ0n) is 19.1. The SMILES string of the molecule is Cn1cccc1Cc1c(=O)c(C2=NS(=O)(=O)c3cc(NS(C)(=O)=O)ccc3N2)c(O)n2ccccc12. The number of hydrogen-bond donors (Lipinski definition) is 3. The molecular formula is C23H21N5O6S2. The number of sulfonamides is 2. The van der Waals surface area contributed by atoms with Crippen LogP contribution in [0, 0.1) is 0 Å². The molecule has 1 aliphatic rings. The van der Waals surface area contributed by atoms with E-state index in [1.165, 1.54) is 16.5 Å². The number of fused-ring (bicyclic) bond motifs is 2. The molecule has 0 aliphatic carbocycles. The van der Waals surface area contributed by atoms with Gasteiger partial charge < -0.3 is 15.0 Å². The zero-order valence-corrected chi connectivity index (χ0v) is 20.8. The van der Waals surface area contributed by atoms with Gasteiger partial charge in [0.1, 0.15) is 10.5 Å². The van der Waals surface area contributed by atoms with E-state index in [0.29, 0.717) is 11.1 Å². The number of nitrogens with zero attached hydrogens (tertiary/aromatic N) is 3. The highest BCUT2D eigenvalue weighted by Gasteiger charge is 2.30. The molecule has 1 aliphatic heterocycles. The van der Waals surface area contributed by atoms with Gasteiger partial charge in [0.25, 0.3) is 10.0 Å². The van der Waals surface area contributed by atoms with E-state index < -0.39 is 31.4 Å². The first kappa shape index (κ1) is 23.6. The van der Waals surface area contributed by atoms with Gasteiger partial charge in [0.2, 0.25) is 21.3 Å². The molecule has 1 aromatic carbocycles. The summed E-state index contributed by atoms with van der Waals surface area (Å²) in [6.45, 7) is 0. The summed E-state index contributed by atoms with van der Waals surface area (Å²) in [7, 11) is -6.14. The number of anilines is 2. The van der Waals surface area contributed by atoms with Crippen LogP contribution in [0.2, 0.25) is 0 Å². The average molecular weight is 528 g/mol. The van der Waals surface area contributed by atoms with Crippen molar-refractivity contribution in [3.8, 4) is 5.88 Å². The van der Waals surface area contributed by atoms with E-state index in [9.17, 15) is 26.7 Å². The van der Waals surface area contributed by atoms with E-state index >= 15 is 0 Å². The summed E-state index contributed by atoms with van der Waals surface area (Å²) in [5.41, 5.74) is 0.929. The lowest BCUT2D eigenvalue weighted by atomic mass is 10.0. The quantitative estimate of drug-likeness (QED) is 0.358. The predicted molar refractivity (Wildman–Crippen MR) is 136 cm³/mol. The van der Waals surface area contributed by atoms with Crippen LogP contribution >= 0.6 is 0 Å². The Labute approximate surface area is 206 Å². The Morgan fingerprint density at radius 1 is 1.11 bits per heavy atom. The van der Waals surface area contributed by atoms with E-state index in [0.717, 1.165) is 18.0 Å². The van der Waals surface area contributed by atoms with Crippen molar-refractivity contribution in [2.45, 2.75) is 11.3 Å². The van der Waals surface area contributed by atoms with Gasteiger partial charge in [0.05, 0.1) is 17.5 Å². The van der Waals surface area contributed by atoms with E-state index in [-0.39, 0.29) is 34.1 Å². The molecule has 13 heteroatoms. The molecule has 0 radical (unpaired) electrons. The van der Waals surface area contributed by atoms with Crippen molar-refractivity contribution in [2.75, 3.05) is 16.3 Å². The molecule has 11 nitrogen and oxygen atoms in total. The molecule has 4 heterocycles. The minimum absolute atomic E-state index is 0.0405. The van der Waals surface area contributed by atoms with Crippen LogP contribution in [0.5, 0.6) is 5.88 Å². The first-order chi connectivity index (χ1) is 16.9. The first-order valence-corrected chi connectivity index (χ1v) is 14.0. The molecule has 5 rings (SSSR count). The third-order valence-electron chi connectivity index (χ3n) is 5.80. The van der Waals surface area contributed by atoms with Crippen molar-refractivity contribution in [1.82, 2.24) is 8.97 Å². The molecule has 0 atom stereocenters. The highest BCUT2D eigenvalue weighted by molar-refractivity contribution is 7.92. The van der Waals surface area contributed by atoms with Crippen molar-refractivity contribution in [3.05, 3.63) is 88.0 Å². The van der Waals surface area contributed by atoms with Crippen molar-refractivity contribution in [3.63, 3.8) is 0 Å². The second kappa shape index (κ2) is 8.24. The Hall–Kier alpha value is -4.10. The normalized spacial score (nSPS) is 14.7. The molecule has 0 spiro atoms. The Bertz CT molecular complexity index is 1850. The first-order valence-electron chi connectivity index (χ1n) is 10.6. The largest absolute Gasteiger partial charge is 0.494 e. The van der Waals surface area contributed by atoms with Crippen LogP contribution in [0.15, 0.2) is 75.0 Å². The molecule has 3 N–H and O–H groups in total. The number of nitrogens with one attached hydrogen (secondary N) is 2. The minimum Gasteiger partial charge on any atom is -0.494 e. The monoisotopic (exact) mass is 527 g/mol. The fourth-order valence-corrected chi connectivity index (χ4v) is 5.86. The topological polar surface area (TPSA) is 151 Å². The van der Waals surface area contributed by atoms with Gasteiger partial charge in [0.15, 0.2) is 5.84 Å². The van der Waals surface area contributed by atoms with Gasteiger partial charge in [-0.05, 0) is 42.5 Å². The summed E-state index contributed by atoms with van der Waals surface area (Å²) in [6, 6.07) is 12.7. The summed E-state index contributed by atoms with van der Waals surface area (Å²) in [6.07, 6.45) is 4.59. The molecule has 3 aromatic heterocycles. The number of pyridine rings is 2. The summed E-state index contributed by atoms with van der Waals surface area (Å²) < 4.78 is 58.4. The van der Waals surface area contributed by atoms with Gasteiger partial charge in [-0.3, -0.25) is 13.9 Å². The second-order valence-electron chi connectivity index (χ2n) is 8.37. The lowest BCUT2D eigenvalue weighted by molar-refractivity contribution is 0.443. The van der Waals surface area contributed by atoms with Crippen molar-refractivity contribution in [1.29, 1.82) is 0 Å². The molecule has 36 heavy (non-hydrogen) atoms. The van der Waals surface area contributed by atoms with Crippen LogP contribution < -0.4 is 15.5 Å². The van der Waals surface area contributed by atoms with Crippen LogP contribution in [-0.2, 0) is 33.5 Å². The van der Waals surface area contributed by atoms with Gasteiger partial charge in [-0.1, -0.05) is 6.07 Å². The van der Waals surface area contributed by atoms with Gasteiger partial charge >= 0.3 is 0 Å². The van der Waals surface area contributed by atoms with Gasteiger partial charge in [-0.2, -0.15) is 8.42 Å². The minimum atomic E-state index is -4.35. The maximum Gasteiger partial charge on any atom is 0.286 e. The number of amidine groups is 1. The smallest absolute Gasteiger partial charge is 0.286 e. The summed E-state index contributed by atoms with van der Waals surface area (Å²) >= 11 is 0. The van der Waals surface area contributed by atoms with E-state index in [1.807, 2.05) is 29.9 Å². The molecule has 0 amide bonds. The lowest BCUT2D eigenvalue weighted by Crippen LogP contribution is -2.30. The standard InChI is InChI=1S/C23H21N5O6S2/c1-27-10-5-6-15(27)13-16-18-7-3-4-11-28(18)23(30)20(21(16)29)22-24-17-9-8-14(25-35(2,31)32)12-19(17)36(33,34)26-22/h3-12,25,30H,13H2,1-2H3,(H,24,26). The number of aryl methyl sites for hydroxylation is 1. The highest BCUT2D eigenvalue weighted by Crippen LogP contribution is 2.32. The van der Waals surface area contributed by atoms with E-state index in [4.69, 9.17) is 0 Å². The highest BCUT2D eigenvalue weighted by atomic mass is 32.2. The molecule has 4 aromatic rings. The summed E-state index contributed by atoms with van der Waals surface area (Å²) in [5, 5.41) is 13.9. The molecule has 0 unspecified atom stereocenters. The average Bonchev–Trinajstić information content (AvgIpc) is 3.20. The van der Waals surface area contributed by atoms with Crippen LogP contribution in [-0.4, -0.2) is 43.0 Å². The summed E-state index contributed by atoms with van der Waals surface area (Å²) in [4.78, 5) is 13.4. The second-order valence-corrected chi connectivity index (χ2v) is 11.7. The van der Waals surface area contributed by atoms with E-state index in [2.05, 4.69) is 14.4 Å². The maximum atomic E-state index is 13.7. The van der Waals surface area contributed by atoms with Crippen LogP contribution in [0.3, 0.4) is 0 Å². The molecule has 0 saturated heterocycles. The number of rotatable bonds is 5. The van der Waals surface area contributed by atoms with Crippen LogP contribution in [0.25, 0.3) is 5.52 Å². The third-order valence-corrected chi connectivity index (χ3v) is 7.72. The van der Waals surface area contributed by atoms with Gasteiger partial charge in [-0.25, -0.2) is 8.42 Å². The fourth-order valence-electron chi connectivity index (χ4n) is 4.15. The Morgan fingerprint density at radius 2 is 1.89 bits per heavy atom. The number of aromatic nitrogens is 2. The molecule has 0 bridgehead atoms. The van der Waals surface area contributed by atoms with Crippen molar-refractivity contribution < 1.29 is 21.9 Å². The van der Waals surface area contributed by atoms with Gasteiger partial charge in [0, 0.05) is 42.8 Å². The predicted octanol–water partition coefficient (Wildman–Crippen LogP) is 1.87. The number of hydrogen-bond acceptors (Lipinski definition) is 7. The Morgan fingerprint density at radius 3 is 2.58 bits per heavy atom. The fraction of sp³-hybridized carbons (Fsp3) is 0.130. The maximum absolute atomic E-state index is 13.7. The van der Waals surface area contributed by atoms with Crippen molar-refractivity contribution >= 4 is 42.8 Å². The van der Waals surface area contributed by atoms with Gasteiger partial charge in [-0.15, -0.1) is 4.40 Å². The van der Waals surface area contributed by atoms with Crippen LogP contribution in [0.1, 0.15) is 16.8 Å². The number of benzene rings is 1. The Balaban J connectivity index is 1.69. The number of aromatic hydroxyl groups is 1. The summed E-state index contributed by atoms with van der Waals surface area (Å²) in [5.74, 6) is -0.799. The molecule has 0 saturated carbocycles. The van der Waals surface area contributed by atoms with Crippen LogP contribution in [0.4, 0.5) is 11.4 Å². The van der Waals surface area contributed by atoms with Crippen molar-refractivity contribution in [2.24, 2.45) is 11.4 Å². The lowest BCUT2D eigenvalue weighted by Gasteiger charge is -2.21. The molecule has 186 valence electrons. The third kappa shape index (κ3) is 4.12. The Kier molecular flexibility index (Phi) is 5.41. The molecule has 0 fully saturated rings. The van der Waals surface area contributed by atoms with E-state index in [1.54, 1.807) is 24.4 Å². The molecular weight excluding hydrogens is 506 g/mol. The zero-order chi connectivity index (χ0) is 25.8.